The number of carbonyl (C=O) groups excluding carboxylic acids is 4. The van der Waals surface area contributed by atoms with Gasteiger partial charge in [-0.25, -0.2) is 39.1 Å². The summed E-state index contributed by atoms with van der Waals surface area (Å²) in [4.78, 5) is 53.1. The van der Waals surface area contributed by atoms with Crippen LogP contribution in [0.5, 0.6) is 0 Å². The van der Waals surface area contributed by atoms with Crippen LogP contribution in [0.15, 0.2) is 20.0 Å². The first-order valence-corrected chi connectivity index (χ1v) is 9.08. The molecule has 1 unspecified atom stereocenters. The molecule has 8 nitrogen and oxygen atoms in total. The molecule has 0 bridgehead atoms. The van der Waals surface area contributed by atoms with Crippen molar-refractivity contribution >= 4 is 24.3 Å². The Kier molecular flexibility index (Phi) is 19.7. The first-order valence-electron chi connectivity index (χ1n) is 9.08. The third-order valence-electron chi connectivity index (χ3n) is 3.69. The maximum absolute atomic E-state index is 10.00. The van der Waals surface area contributed by atoms with Gasteiger partial charge in [0.05, 0.1) is 26.2 Å². The van der Waals surface area contributed by atoms with Gasteiger partial charge in [-0.05, 0) is 37.0 Å². The fourth-order valence-corrected chi connectivity index (χ4v) is 2.51. The number of hydrogen-bond donors (Lipinski definition) is 0. The van der Waals surface area contributed by atoms with Crippen molar-refractivity contribution in [3.05, 3.63) is 0 Å². The van der Waals surface area contributed by atoms with Crippen molar-refractivity contribution < 1.29 is 19.2 Å². The Morgan fingerprint density at radius 2 is 1.15 bits per heavy atom. The number of rotatable bonds is 14. The molecular weight excluding hydrogens is 348 g/mol. The molecule has 0 fully saturated rings. The third kappa shape index (κ3) is 23.5. The van der Waals surface area contributed by atoms with Crippen molar-refractivity contribution in [1.29, 1.82) is 0 Å². The van der Waals surface area contributed by atoms with Gasteiger partial charge in [0, 0.05) is 0 Å². The lowest BCUT2D eigenvalue weighted by Gasteiger charge is -2.25. The van der Waals surface area contributed by atoms with Crippen molar-refractivity contribution in [1.82, 2.24) is 0 Å². The summed E-state index contributed by atoms with van der Waals surface area (Å²) in [5, 5.41) is 0. The molecule has 0 aromatic rings. The monoisotopic (exact) mass is 378 g/mol. The van der Waals surface area contributed by atoms with Crippen molar-refractivity contribution in [3.8, 4) is 0 Å². The molecule has 0 saturated heterocycles. The Hall–Kier alpha value is -2.48. The third-order valence-corrected chi connectivity index (χ3v) is 3.69. The van der Waals surface area contributed by atoms with Crippen molar-refractivity contribution in [2.24, 2.45) is 31.3 Å². The minimum Gasteiger partial charge on any atom is -0.211 e. The van der Waals surface area contributed by atoms with Crippen LogP contribution in [-0.2, 0) is 19.2 Å². The van der Waals surface area contributed by atoms with Gasteiger partial charge in [0.25, 0.3) is 0 Å². The van der Waals surface area contributed by atoms with Gasteiger partial charge in [-0.3, -0.25) is 0 Å². The van der Waals surface area contributed by atoms with E-state index >= 15 is 0 Å². The Labute approximate surface area is 161 Å². The van der Waals surface area contributed by atoms with Gasteiger partial charge < -0.3 is 0 Å². The fraction of sp³-hybridized carbons (Fsp3) is 0.789. The van der Waals surface area contributed by atoms with Crippen LogP contribution in [0.25, 0.3) is 0 Å². The van der Waals surface area contributed by atoms with E-state index in [4.69, 9.17) is 0 Å². The van der Waals surface area contributed by atoms with E-state index in [1.165, 1.54) is 18.2 Å². The standard InChI is InChI=1S/C11H18N2O2.C8H12N2O2/c1-10(4-5-12-8-14)6-11(2,3)7-13-9-15;11-7-9-5-3-1-2-4-6-10-8-12/h10H,4-7H2,1-3H3;1-6H2. The second-order valence-electron chi connectivity index (χ2n) is 7.00. The van der Waals surface area contributed by atoms with Gasteiger partial charge in [-0.1, -0.05) is 33.6 Å². The van der Waals surface area contributed by atoms with Crippen molar-refractivity contribution in [2.75, 3.05) is 26.2 Å². The molecule has 0 radical (unpaired) electrons. The molecule has 0 N–H and O–H groups in total. The van der Waals surface area contributed by atoms with Gasteiger partial charge in [0.15, 0.2) is 0 Å². The summed E-state index contributed by atoms with van der Waals surface area (Å²) in [5.41, 5.74) is 0.00171. The van der Waals surface area contributed by atoms with E-state index < -0.39 is 0 Å². The Morgan fingerprint density at radius 1 is 0.704 bits per heavy atom. The first-order chi connectivity index (χ1) is 12.9. The maximum Gasteiger partial charge on any atom is 0.234 e. The molecule has 0 aliphatic carbocycles. The molecule has 0 aliphatic rings. The maximum atomic E-state index is 10.00. The number of nitrogens with zero attached hydrogens (tertiary/aromatic N) is 4. The van der Waals surface area contributed by atoms with Gasteiger partial charge in [0.1, 0.15) is 0 Å². The normalized spacial score (nSPS) is 10.6. The van der Waals surface area contributed by atoms with Crippen LogP contribution in [0.4, 0.5) is 0 Å². The van der Waals surface area contributed by atoms with Crippen LogP contribution in [0.3, 0.4) is 0 Å². The molecule has 0 amide bonds. The molecule has 27 heavy (non-hydrogen) atoms. The van der Waals surface area contributed by atoms with E-state index in [-0.39, 0.29) is 5.41 Å². The zero-order chi connectivity index (χ0) is 20.8. The van der Waals surface area contributed by atoms with E-state index in [2.05, 4.69) is 40.7 Å². The highest BCUT2D eigenvalue weighted by molar-refractivity contribution is 5.33. The van der Waals surface area contributed by atoms with Crippen LogP contribution in [0, 0.1) is 11.3 Å². The smallest absolute Gasteiger partial charge is 0.211 e. The second kappa shape index (κ2) is 19.8. The van der Waals surface area contributed by atoms with Crippen LogP contribution in [0.1, 0.15) is 59.3 Å². The molecule has 0 heterocycles. The lowest BCUT2D eigenvalue weighted by molar-refractivity contribution is 0.280. The molecular formula is C19H30N4O4. The summed E-state index contributed by atoms with van der Waals surface area (Å²) < 4.78 is 0. The molecule has 0 aromatic heterocycles. The Balaban J connectivity index is 0. The second-order valence-corrected chi connectivity index (χ2v) is 7.00. The van der Waals surface area contributed by atoms with Gasteiger partial charge >= 0.3 is 0 Å². The van der Waals surface area contributed by atoms with Gasteiger partial charge in [-0.2, -0.15) is 0 Å². The lowest BCUT2D eigenvalue weighted by Crippen LogP contribution is -2.19. The highest BCUT2D eigenvalue weighted by Gasteiger charge is 2.20. The Morgan fingerprint density at radius 3 is 1.59 bits per heavy atom. The van der Waals surface area contributed by atoms with Crippen LogP contribution in [0.2, 0.25) is 0 Å². The summed E-state index contributed by atoms with van der Waals surface area (Å²) in [6.07, 6.45) is 11.7. The molecule has 1 atom stereocenters. The predicted molar refractivity (Wildman–Crippen MR) is 103 cm³/mol. The zero-order valence-electron chi connectivity index (χ0n) is 16.6. The summed E-state index contributed by atoms with van der Waals surface area (Å²) in [6, 6.07) is 0. The van der Waals surface area contributed by atoms with E-state index in [1.807, 2.05) is 0 Å². The highest BCUT2D eigenvalue weighted by Crippen LogP contribution is 2.27. The largest absolute Gasteiger partial charge is 0.234 e. The number of isocyanates is 4. The Bertz CT molecular complexity index is 544. The SMILES string of the molecule is CC(CCN=C=O)CC(C)(C)CN=C=O.O=C=NCCCCCCN=C=O. The molecule has 0 aliphatic heterocycles. The summed E-state index contributed by atoms with van der Waals surface area (Å²) >= 11 is 0. The average Bonchev–Trinajstić information content (AvgIpc) is 2.63. The van der Waals surface area contributed by atoms with E-state index in [9.17, 15) is 19.2 Å². The van der Waals surface area contributed by atoms with Crippen LogP contribution >= 0.6 is 0 Å². The van der Waals surface area contributed by atoms with Crippen molar-refractivity contribution in [2.45, 2.75) is 59.3 Å². The van der Waals surface area contributed by atoms with E-state index in [0.29, 0.717) is 32.1 Å². The average molecular weight is 378 g/mol. The molecule has 0 spiro atoms. The summed E-state index contributed by atoms with van der Waals surface area (Å²) in [5.74, 6) is 0.457. The van der Waals surface area contributed by atoms with E-state index in [0.717, 1.165) is 38.5 Å². The minimum atomic E-state index is 0.00171. The number of hydrogen-bond acceptors (Lipinski definition) is 8. The highest BCUT2D eigenvalue weighted by atomic mass is 16.1. The molecule has 0 saturated carbocycles. The topological polar surface area (TPSA) is 118 Å². The lowest BCUT2D eigenvalue weighted by atomic mass is 9.82. The first kappa shape index (κ1) is 26.7. The number of unbranched alkanes of at least 4 members (excludes halogenated alkanes) is 3. The number of aliphatic imine (C=N–C) groups is 4. The van der Waals surface area contributed by atoms with Crippen LogP contribution < -0.4 is 0 Å². The van der Waals surface area contributed by atoms with Gasteiger partial charge in [-0.15, -0.1) is 0 Å². The van der Waals surface area contributed by atoms with Crippen molar-refractivity contribution in [3.63, 3.8) is 0 Å². The molecule has 8 heteroatoms. The van der Waals surface area contributed by atoms with E-state index in [1.54, 1.807) is 6.08 Å². The quantitative estimate of drug-likeness (QED) is 0.262. The molecule has 0 rings (SSSR count). The molecule has 150 valence electrons. The van der Waals surface area contributed by atoms with Gasteiger partial charge in [0.2, 0.25) is 24.3 Å². The zero-order valence-corrected chi connectivity index (χ0v) is 16.6. The van der Waals surface area contributed by atoms with Crippen LogP contribution in [-0.4, -0.2) is 50.5 Å². The fourth-order valence-electron chi connectivity index (χ4n) is 2.51. The predicted octanol–water partition coefficient (Wildman–Crippen LogP) is 3.32. The summed E-state index contributed by atoms with van der Waals surface area (Å²) in [6.45, 7) is 8.36. The summed E-state index contributed by atoms with van der Waals surface area (Å²) in [7, 11) is 0. The molecule has 0 aromatic carbocycles. The minimum absolute atomic E-state index is 0.00171.